The van der Waals surface area contributed by atoms with Crippen molar-refractivity contribution in [2.75, 3.05) is 0 Å². The molecule has 2 aromatic rings. The van der Waals surface area contributed by atoms with Gasteiger partial charge in [-0.1, -0.05) is 0 Å². The lowest BCUT2D eigenvalue weighted by atomic mass is 10.4. The Morgan fingerprint density at radius 2 is 1.30 bits per heavy atom. The Balaban J connectivity index is 2.19. The lowest BCUT2D eigenvalue weighted by Gasteiger charge is -2.08. The van der Waals surface area contributed by atoms with Crippen LogP contribution in [0.3, 0.4) is 0 Å². The summed E-state index contributed by atoms with van der Waals surface area (Å²) in [5.74, 6) is 0.505. The quantitative estimate of drug-likeness (QED) is 0.707. The molecule has 0 aliphatic heterocycles. The number of hydrogen-bond acceptors (Lipinski definition) is 4. The number of rotatable bonds is 7. The Bertz CT molecular complexity index is 561. The molecule has 0 unspecified atom stereocenters. The van der Waals surface area contributed by atoms with Crippen molar-refractivity contribution in [3.05, 3.63) is 24.8 Å². The molecule has 0 aromatic carbocycles. The second kappa shape index (κ2) is 6.00. The van der Waals surface area contributed by atoms with Crippen LogP contribution in [-0.2, 0) is 22.7 Å². The van der Waals surface area contributed by atoms with Crippen LogP contribution >= 0.6 is 0 Å². The minimum absolute atomic E-state index is 0.228. The summed E-state index contributed by atoms with van der Waals surface area (Å²) in [4.78, 5) is 30.2. The Kier molecular flexibility index (Phi) is 4.14. The van der Waals surface area contributed by atoms with Crippen LogP contribution in [0.2, 0.25) is 0 Å². The van der Waals surface area contributed by atoms with Crippen LogP contribution in [-0.4, -0.2) is 30.9 Å². The summed E-state index contributed by atoms with van der Waals surface area (Å²) < 4.78 is 3.60. The van der Waals surface area contributed by atoms with Crippen LogP contribution in [0.5, 0.6) is 0 Å². The van der Waals surface area contributed by atoms with Crippen molar-refractivity contribution in [1.82, 2.24) is 19.1 Å². The first kappa shape index (κ1) is 13.8. The highest BCUT2D eigenvalue weighted by atomic mass is 16.1. The van der Waals surface area contributed by atoms with Gasteiger partial charge in [0.2, 0.25) is 11.8 Å². The monoisotopic (exact) mass is 276 g/mol. The zero-order chi connectivity index (χ0) is 14.5. The maximum Gasteiger partial charge on any atom is 0.219 e. The van der Waals surface area contributed by atoms with Crippen molar-refractivity contribution in [2.45, 2.75) is 25.9 Å². The molecule has 106 valence electrons. The molecule has 0 aliphatic rings. The van der Waals surface area contributed by atoms with E-state index in [0.717, 1.165) is 0 Å². The van der Waals surface area contributed by atoms with Crippen LogP contribution in [0.15, 0.2) is 24.8 Å². The molecule has 2 aromatic heterocycles. The van der Waals surface area contributed by atoms with E-state index in [1.807, 2.05) is 0 Å². The van der Waals surface area contributed by atoms with Crippen LogP contribution < -0.4 is 11.5 Å². The van der Waals surface area contributed by atoms with E-state index in [0.29, 0.717) is 24.7 Å². The van der Waals surface area contributed by atoms with Gasteiger partial charge in [-0.05, 0) is 0 Å². The van der Waals surface area contributed by atoms with Gasteiger partial charge in [0.1, 0.15) is 0 Å². The minimum atomic E-state index is -0.373. The Morgan fingerprint density at radius 1 is 0.900 bits per heavy atom. The largest absolute Gasteiger partial charge is 0.370 e. The number of amides is 2. The SMILES string of the molecule is NC(=O)CCn1ccnc1-c1nccn1CCC(N)=O. The van der Waals surface area contributed by atoms with Gasteiger partial charge in [-0.25, -0.2) is 9.97 Å². The fraction of sp³-hybridized carbons (Fsp3) is 0.333. The average molecular weight is 276 g/mol. The second-order valence-electron chi connectivity index (χ2n) is 4.32. The standard InChI is InChI=1S/C12H16N6O2/c13-9(19)1-5-17-7-3-15-11(17)12-16-4-8-18(12)6-2-10(14)20/h3-4,7-8H,1-2,5-6H2,(H2,13,19)(H2,14,20). The van der Waals surface area contributed by atoms with E-state index in [1.165, 1.54) is 0 Å². The van der Waals surface area contributed by atoms with E-state index in [9.17, 15) is 9.59 Å². The van der Waals surface area contributed by atoms with Crippen LogP contribution in [0.25, 0.3) is 11.6 Å². The normalized spacial score (nSPS) is 10.6. The minimum Gasteiger partial charge on any atom is -0.370 e. The molecular formula is C12H16N6O2. The molecule has 0 radical (unpaired) electrons. The average Bonchev–Trinajstić information content (AvgIpc) is 3.01. The summed E-state index contributed by atoms with van der Waals surface area (Å²) >= 11 is 0. The fourth-order valence-corrected chi connectivity index (χ4v) is 1.85. The molecule has 0 saturated carbocycles. The number of nitrogens with zero attached hydrogens (tertiary/aromatic N) is 4. The maximum absolute atomic E-state index is 10.9. The smallest absolute Gasteiger partial charge is 0.219 e. The van der Waals surface area contributed by atoms with E-state index >= 15 is 0 Å². The second-order valence-corrected chi connectivity index (χ2v) is 4.32. The molecule has 2 rings (SSSR count). The molecule has 0 atom stereocenters. The molecule has 4 N–H and O–H groups in total. The number of hydrogen-bond donors (Lipinski definition) is 2. The van der Waals surface area contributed by atoms with Gasteiger partial charge in [0.05, 0.1) is 0 Å². The van der Waals surface area contributed by atoms with Gasteiger partial charge in [0.15, 0.2) is 11.6 Å². The maximum atomic E-state index is 10.9. The molecule has 8 heteroatoms. The van der Waals surface area contributed by atoms with Gasteiger partial charge in [-0.2, -0.15) is 0 Å². The Labute approximate surface area is 115 Å². The Morgan fingerprint density at radius 3 is 1.65 bits per heavy atom. The number of primary amides is 2. The first-order valence-electron chi connectivity index (χ1n) is 6.17. The van der Waals surface area contributed by atoms with E-state index in [4.69, 9.17) is 11.5 Å². The third kappa shape index (κ3) is 3.22. The molecule has 2 amide bonds. The summed E-state index contributed by atoms with van der Waals surface area (Å²) in [5.41, 5.74) is 10.3. The fourth-order valence-electron chi connectivity index (χ4n) is 1.85. The van der Waals surface area contributed by atoms with Gasteiger partial charge in [-0.3, -0.25) is 9.59 Å². The van der Waals surface area contributed by atoms with Crippen molar-refractivity contribution < 1.29 is 9.59 Å². The number of imidazole rings is 2. The summed E-state index contributed by atoms with van der Waals surface area (Å²) in [6.45, 7) is 0.876. The van der Waals surface area contributed by atoms with Gasteiger partial charge in [-0.15, -0.1) is 0 Å². The van der Waals surface area contributed by atoms with Crippen molar-refractivity contribution in [3.63, 3.8) is 0 Å². The molecule has 0 bridgehead atoms. The molecular weight excluding hydrogens is 260 g/mol. The summed E-state index contributed by atoms with van der Waals surface area (Å²) in [7, 11) is 0. The Hall–Kier alpha value is -2.64. The van der Waals surface area contributed by atoms with Gasteiger partial charge >= 0.3 is 0 Å². The van der Waals surface area contributed by atoms with Gasteiger partial charge in [0, 0.05) is 50.7 Å². The predicted molar refractivity (Wildman–Crippen MR) is 71.1 cm³/mol. The van der Waals surface area contributed by atoms with E-state index in [2.05, 4.69) is 9.97 Å². The molecule has 0 spiro atoms. The summed E-state index contributed by atoms with van der Waals surface area (Å²) in [6.07, 6.45) is 7.22. The molecule has 0 aliphatic carbocycles. The molecule has 8 nitrogen and oxygen atoms in total. The molecule has 0 saturated heterocycles. The van der Waals surface area contributed by atoms with Gasteiger partial charge in [0.25, 0.3) is 0 Å². The highest BCUT2D eigenvalue weighted by molar-refractivity contribution is 5.74. The third-order valence-electron chi connectivity index (χ3n) is 2.83. The van der Waals surface area contributed by atoms with Gasteiger partial charge < -0.3 is 20.6 Å². The number of carbonyl (C=O) groups excluding carboxylic acids is 2. The van der Waals surface area contributed by atoms with E-state index in [1.54, 1.807) is 33.9 Å². The lowest BCUT2D eigenvalue weighted by molar-refractivity contribution is -0.119. The van der Waals surface area contributed by atoms with Crippen molar-refractivity contribution in [2.24, 2.45) is 11.5 Å². The highest BCUT2D eigenvalue weighted by Gasteiger charge is 2.13. The zero-order valence-electron chi connectivity index (χ0n) is 10.9. The number of nitrogens with two attached hydrogens (primary N) is 2. The van der Waals surface area contributed by atoms with E-state index < -0.39 is 0 Å². The molecule has 2 heterocycles. The topological polar surface area (TPSA) is 122 Å². The molecule has 0 fully saturated rings. The molecule has 20 heavy (non-hydrogen) atoms. The number of aryl methyl sites for hydroxylation is 2. The number of carbonyl (C=O) groups is 2. The van der Waals surface area contributed by atoms with Crippen LogP contribution in [0.4, 0.5) is 0 Å². The van der Waals surface area contributed by atoms with Crippen molar-refractivity contribution in [3.8, 4) is 11.6 Å². The number of aromatic nitrogens is 4. The highest BCUT2D eigenvalue weighted by Crippen LogP contribution is 2.16. The lowest BCUT2D eigenvalue weighted by Crippen LogP contribution is -2.16. The third-order valence-corrected chi connectivity index (χ3v) is 2.83. The van der Waals surface area contributed by atoms with Crippen molar-refractivity contribution in [1.29, 1.82) is 0 Å². The van der Waals surface area contributed by atoms with Crippen LogP contribution in [0.1, 0.15) is 12.8 Å². The first-order valence-corrected chi connectivity index (χ1v) is 6.17. The summed E-state index contributed by atoms with van der Waals surface area (Å²) in [6, 6.07) is 0. The first-order chi connectivity index (χ1) is 9.58. The van der Waals surface area contributed by atoms with E-state index in [-0.39, 0.29) is 24.7 Å². The zero-order valence-corrected chi connectivity index (χ0v) is 10.9. The predicted octanol–water partition coefficient (Wildman–Crippen LogP) is -0.503. The summed E-state index contributed by atoms with van der Waals surface area (Å²) in [5, 5.41) is 0. The van der Waals surface area contributed by atoms with Crippen LogP contribution in [0, 0.1) is 0 Å². The van der Waals surface area contributed by atoms with Crippen molar-refractivity contribution >= 4 is 11.8 Å².